The van der Waals surface area contributed by atoms with Gasteiger partial charge in [0.1, 0.15) is 11.5 Å². The van der Waals surface area contributed by atoms with Gasteiger partial charge in [-0.3, -0.25) is 19.2 Å². The average molecular weight is 701 g/mol. The first-order chi connectivity index (χ1) is 22.4. The first-order valence-corrected chi connectivity index (χ1v) is 17.2. The molecule has 0 aliphatic heterocycles. The van der Waals surface area contributed by atoms with Gasteiger partial charge in [-0.1, -0.05) is 121 Å². The smallest absolute Gasteiger partial charge is 0.306 e. The number of amides is 2. The molecule has 2 rings (SSSR count). The summed E-state index contributed by atoms with van der Waals surface area (Å²) >= 11 is 0. The van der Waals surface area contributed by atoms with Crippen molar-refractivity contribution in [2.45, 2.75) is 144 Å². The first kappa shape index (κ1) is 45.9. The van der Waals surface area contributed by atoms with E-state index in [-0.39, 0.29) is 33.5 Å². The minimum atomic E-state index is -1.10. The summed E-state index contributed by atoms with van der Waals surface area (Å²) < 4.78 is 0. The Morgan fingerprint density at radius 2 is 0.720 bits per heavy atom. The second kappa shape index (κ2) is 17.7. The van der Waals surface area contributed by atoms with E-state index in [1.807, 2.05) is 38.1 Å². The number of rotatable bonds is 8. The van der Waals surface area contributed by atoms with Crippen molar-refractivity contribution in [2.24, 2.45) is 23.3 Å². The Morgan fingerprint density at radius 3 is 0.840 bits per heavy atom. The van der Waals surface area contributed by atoms with E-state index in [4.69, 9.17) is 0 Å². The van der Waals surface area contributed by atoms with E-state index in [0.29, 0.717) is 37.2 Å². The van der Waals surface area contributed by atoms with Crippen molar-refractivity contribution in [3.8, 4) is 11.5 Å². The number of aromatic hydroxyl groups is 2. The maximum Gasteiger partial charge on any atom is 0.306 e. The Balaban J connectivity index is 0.000000826. The SMILES string of the molecule is CCC(Cc1cc(C(C)(C)C)c(O)c(C(C)(C)C)c1)C(=O)O.CCC(Cc1cc(C(C)(C)C)c(O)c(C(C)(C)C)c1)C(=O)O.NC(=O)C(N)=O. The van der Waals surface area contributed by atoms with Crippen LogP contribution in [0.15, 0.2) is 24.3 Å². The van der Waals surface area contributed by atoms with Gasteiger partial charge in [-0.25, -0.2) is 0 Å². The summed E-state index contributed by atoms with van der Waals surface area (Å²) in [7, 11) is 0. The molecule has 2 unspecified atom stereocenters. The normalized spacial score (nSPS) is 13.2. The van der Waals surface area contributed by atoms with Gasteiger partial charge in [0.05, 0.1) is 11.8 Å². The molecule has 2 aromatic carbocycles. The van der Waals surface area contributed by atoms with Crippen LogP contribution < -0.4 is 11.5 Å². The molecule has 0 aliphatic carbocycles. The molecular formula is C40H64N2O8. The molecule has 0 spiro atoms. The zero-order valence-corrected chi connectivity index (χ0v) is 32.9. The molecule has 0 fully saturated rings. The summed E-state index contributed by atoms with van der Waals surface area (Å²) in [6.45, 7) is 28.5. The van der Waals surface area contributed by atoms with Crippen molar-refractivity contribution in [3.63, 3.8) is 0 Å². The number of hydrogen-bond acceptors (Lipinski definition) is 6. The summed E-state index contributed by atoms with van der Waals surface area (Å²) in [5.41, 5.74) is 13.4. The number of nitrogens with two attached hydrogens (primary N) is 2. The minimum Gasteiger partial charge on any atom is -0.507 e. The van der Waals surface area contributed by atoms with Crippen LogP contribution in [0.4, 0.5) is 0 Å². The predicted octanol–water partition coefficient (Wildman–Crippen LogP) is 7.24. The van der Waals surface area contributed by atoms with Crippen molar-refractivity contribution in [1.29, 1.82) is 0 Å². The summed E-state index contributed by atoms with van der Waals surface area (Å²) in [6.07, 6.45) is 2.20. The average Bonchev–Trinajstić information content (AvgIpc) is 2.93. The van der Waals surface area contributed by atoms with Gasteiger partial charge in [-0.2, -0.15) is 0 Å². The maximum absolute atomic E-state index is 11.3. The molecule has 2 aromatic rings. The maximum atomic E-state index is 11.3. The summed E-state index contributed by atoms with van der Waals surface area (Å²) in [6, 6.07) is 7.87. The Morgan fingerprint density at radius 1 is 0.520 bits per heavy atom. The monoisotopic (exact) mass is 700 g/mol. The van der Waals surface area contributed by atoms with E-state index < -0.39 is 23.8 Å². The fraction of sp³-hybridized carbons (Fsp3) is 0.600. The van der Waals surface area contributed by atoms with Gasteiger partial charge in [0, 0.05) is 0 Å². The van der Waals surface area contributed by atoms with E-state index in [1.54, 1.807) is 0 Å². The third-order valence-corrected chi connectivity index (χ3v) is 8.46. The third kappa shape index (κ3) is 14.0. The summed E-state index contributed by atoms with van der Waals surface area (Å²) in [4.78, 5) is 41.5. The number of hydrogen-bond donors (Lipinski definition) is 6. The second-order valence-corrected chi connectivity index (χ2v) is 17.1. The molecule has 10 nitrogen and oxygen atoms in total. The van der Waals surface area contributed by atoms with Crippen LogP contribution in [0.2, 0.25) is 0 Å². The van der Waals surface area contributed by atoms with Crippen LogP contribution in [0, 0.1) is 11.8 Å². The molecule has 50 heavy (non-hydrogen) atoms. The number of phenolic OH excluding ortho intramolecular Hbond substituents is 2. The lowest BCUT2D eigenvalue weighted by Gasteiger charge is -2.28. The van der Waals surface area contributed by atoms with Crippen molar-refractivity contribution in [2.75, 3.05) is 0 Å². The zero-order valence-electron chi connectivity index (χ0n) is 32.9. The number of carbonyl (C=O) groups is 4. The predicted molar refractivity (Wildman–Crippen MR) is 200 cm³/mol. The molecule has 282 valence electrons. The molecule has 0 radical (unpaired) electrons. The fourth-order valence-corrected chi connectivity index (χ4v) is 5.29. The molecule has 0 aliphatic rings. The van der Waals surface area contributed by atoms with Crippen LogP contribution in [0.1, 0.15) is 143 Å². The summed E-state index contributed by atoms with van der Waals surface area (Å²) in [5.74, 6) is -3.81. The number of primary amides is 2. The van der Waals surface area contributed by atoms with Crippen LogP contribution >= 0.6 is 0 Å². The number of carboxylic acids is 2. The van der Waals surface area contributed by atoms with Gasteiger partial charge < -0.3 is 31.9 Å². The molecule has 0 aromatic heterocycles. The Bertz CT molecular complexity index is 1320. The Kier molecular flexibility index (Phi) is 16.3. The van der Waals surface area contributed by atoms with E-state index in [2.05, 4.69) is 94.6 Å². The molecular weight excluding hydrogens is 636 g/mol. The highest BCUT2D eigenvalue weighted by molar-refractivity contribution is 6.33. The summed E-state index contributed by atoms with van der Waals surface area (Å²) in [5, 5.41) is 39.9. The number of benzene rings is 2. The number of aliphatic carboxylic acids is 2. The molecule has 0 bridgehead atoms. The van der Waals surface area contributed by atoms with Crippen LogP contribution in [-0.2, 0) is 53.7 Å². The second-order valence-electron chi connectivity index (χ2n) is 17.1. The molecule has 8 N–H and O–H groups in total. The van der Waals surface area contributed by atoms with Gasteiger partial charge >= 0.3 is 23.8 Å². The molecule has 10 heteroatoms. The number of phenols is 2. The lowest BCUT2D eigenvalue weighted by atomic mass is 9.77. The van der Waals surface area contributed by atoms with Gasteiger partial charge in [0.25, 0.3) is 0 Å². The molecule has 2 atom stereocenters. The molecule has 0 saturated carbocycles. The van der Waals surface area contributed by atoms with E-state index in [9.17, 15) is 39.6 Å². The van der Waals surface area contributed by atoms with Crippen LogP contribution in [0.3, 0.4) is 0 Å². The van der Waals surface area contributed by atoms with Crippen LogP contribution in [0.5, 0.6) is 11.5 Å². The van der Waals surface area contributed by atoms with E-state index in [1.165, 1.54) is 0 Å². The zero-order chi connectivity index (χ0) is 39.7. The first-order valence-electron chi connectivity index (χ1n) is 17.2. The fourth-order valence-electron chi connectivity index (χ4n) is 5.29. The lowest BCUT2D eigenvalue weighted by Crippen LogP contribution is -2.29. The van der Waals surface area contributed by atoms with E-state index in [0.717, 1.165) is 33.4 Å². The number of carboxylic acid groups (broad SMARTS) is 2. The largest absolute Gasteiger partial charge is 0.507 e. The standard InChI is InChI=1S/2C19H30O3.C2H4N2O2/c2*1-8-13(17(21)22)9-12-10-14(18(2,3)4)16(20)15(11-12)19(5,6)7;3-1(5)2(4)6/h2*10-11,13,20H,8-9H2,1-7H3,(H,21,22);(H2,3,5)(H2,4,6). The van der Waals surface area contributed by atoms with Crippen molar-refractivity contribution < 1.29 is 39.6 Å². The third-order valence-electron chi connectivity index (χ3n) is 8.46. The quantitative estimate of drug-likeness (QED) is 0.155. The Labute approximate surface area is 299 Å². The van der Waals surface area contributed by atoms with Gasteiger partial charge in [-0.15, -0.1) is 0 Å². The Hall–Kier alpha value is -4.08. The van der Waals surface area contributed by atoms with Crippen molar-refractivity contribution in [1.82, 2.24) is 0 Å². The lowest BCUT2D eigenvalue weighted by molar-refractivity contribution is -0.142. The molecule has 0 heterocycles. The van der Waals surface area contributed by atoms with Gasteiger partial charge in [0.2, 0.25) is 0 Å². The van der Waals surface area contributed by atoms with Crippen molar-refractivity contribution >= 4 is 23.8 Å². The van der Waals surface area contributed by atoms with Crippen LogP contribution in [0.25, 0.3) is 0 Å². The van der Waals surface area contributed by atoms with Crippen molar-refractivity contribution in [3.05, 3.63) is 57.6 Å². The van der Waals surface area contributed by atoms with E-state index >= 15 is 0 Å². The van der Waals surface area contributed by atoms with Crippen LogP contribution in [-0.4, -0.2) is 44.2 Å². The molecule has 0 saturated heterocycles. The minimum absolute atomic E-state index is 0.189. The number of carbonyl (C=O) groups excluding carboxylic acids is 2. The topological polar surface area (TPSA) is 201 Å². The highest BCUT2D eigenvalue weighted by Crippen LogP contribution is 2.41. The highest BCUT2D eigenvalue weighted by Gasteiger charge is 2.29. The molecule has 2 amide bonds. The van der Waals surface area contributed by atoms with Gasteiger partial charge in [-0.05, 0) is 80.7 Å². The van der Waals surface area contributed by atoms with Gasteiger partial charge in [0.15, 0.2) is 0 Å². The highest BCUT2D eigenvalue weighted by atomic mass is 16.4.